The molecule has 2 aromatic carbocycles. The van der Waals surface area contributed by atoms with Gasteiger partial charge >= 0.3 is 0 Å². The van der Waals surface area contributed by atoms with E-state index in [1.807, 2.05) is 4.90 Å². The average molecular weight is 489 g/mol. The van der Waals surface area contributed by atoms with Crippen molar-refractivity contribution in [1.29, 1.82) is 0 Å². The smallest absolute Gasteiger partial charge is 0.270 e. The standard InChI is InChI=1S/C23H28N4O6S/c1-3-26(4-2)34(31,32)20-9-10-22(25-12-14-33-15-13-25)21(17-20)24-23(28)11-8-18-6-5-7-19(16-18)27(29)30/h5-11,16-17H,3-4,12-15H2,1-2H3,(H,24,28)/b11-8+. The summed E-state index contributed by atoms with van der Waals surface area (Å²) in [6, 6.07) is 10.6. The van der Waals surface area contributed by atoms with Crippen molar-refractivity contribution in [1.82, 2.24) is 4.31 Å². The first-order valence-corrected chi connectivity index (χ1v) is 12.4. The number of nitrogens with zero attached hydrogens (tertiary/aromatic N) is 3. The number of rotatable bonds is 9. The Hall–Kier alpha value is -3.28. The van der Waals surface area contributed by atoms with Crippen molar-refractivity contribution >= 4 is 39.1 Å². The summed E-state index contributed by atoms with van der Waals surface area (Å²) in [5.41, 5.74) is 1.48. The van der Waals surface area contributed by atoms with Gasteiger partial charge in [-0.15, -0.1) is 0 Å². The highest BCUT2D eigenvalue weighted by Crippen LogP contribution is 2.31. The largest absolute Gasteiger partial charge is 0.378 e. The van der Waals surface area contributed by atoms with Crippen LogP contribution >= 0.6 is 0 Å². The molecule has 34 heavy (non-hydrogen) atoms. The van der Waals surface area contributed by atoms with E-state index in [0.717, 1.165) is 0 Å². The second-order valence-electron chi connectivity index (χ2n) is 7.54. The van der Waals surface area contributed by atoms with Crippen LogP contribution < -0.4 is 10.2 Å². The molecule has 1 aliphatic rings. The molecule has 182 valence electrons. The lowest BCUT2D eigenvalue weighted by Gasteiger charge is -2.31. The summed E-state index contributed by atoms with van der Waals surface area (Å²) in [7, 11) is -3.72. The lowest BCUT2D eigenvalue weighted by molar-refractivity contribution is -0.384. The van der Waals surface area contributed by atoms with E-state index >= 15 is 0 Å². The molecule has 1 fully saturated rings. The van der Waals surface area contributed by atoms with Crippen LogP contribution in [0.15, 0.2) is 53.4 Å². The number of non-ortho nitro benzene ring substituents is 1. The zero-order chi connectivity index (χ0) is 24.7. The molecule has 1 N–H and O–H groups in total. The normalized spacial score (nSPS) is 14.5. The third-order valence-corrected chi connectivity index (χ3v) is 7.47. The van der Waals surface area contributed by atoms with E-state index < -0.39 is 20.9 Å². The van der Waals surface area contributed by atoms with Crippen LogP contribution in [0, 0.1) is 10.1 Å². The highest BCUT2D eigenvalue weighted by Gasteiger charge is 2.24. The first kappa shape index (κ1) is 25.3. The number of morpholine rings is 1. The third-order valence-electron chi connectivity index (χ3n) is 5.43. The van der Waals surface area contributed by atoms with Gasteiger partial charge in [-0.2, -0.15) is 4.31 Å². The Labute approximate surface area is 199 Å². The Morgan fingerprint density at radius 1 is 1.18 bits per heavy atom. The quantitative estimate of drug-likeness (QED) is 0.327. The van der Waals surface area contributed by atoms with E-state index in [1.54, 1.807) is 32.0 Å². The molecule has 0 bridgehead atoms. The zero-order valence-corrected chi connectivity index (χ0v) is 20.0. The molecule has 0 aliphatic carbocycles. The number of ether oxygens (including phenoxy) is 1. The molecule has 11 heteroatoms. The molecule has 0 radical (unpaired) electrons. The Morgan fingerprint density at radius 3 is 2.53 bits per heavy atom. The molecule has 1 aliphatic heterocycles. The molecular weight excluding hydrogens is 460 g/mol. The SMILES string of the molecule is CCN(CC)S(=O)(=O)c1ccc(N2CCOCC2)c(NC(=O)/C=C/c2cccc([N+](=O)[O-])c2)c1. The first-order valence-electron chi connectivity index (χ1n) is 11.0. The maximum Gasteiger partial charge on any atom is 0.270 e. The van der Waals surface area contributed by atoms with Crippen LogP contribution in [-0.4, -0.2) is 62.9 Å². The van der Waals surface area contributed by atoms with Crippen LogP contribution in [0.2, 0.25) is 0 Å². The number of benzene rings is 2. The Bertz CT molecular complexity index is 1170. The van der Waals surface area contributed by atoms with Crippen molar-refractivity contribution in [2.45, 2.75) is 18.7 Å². The highest BCUT2D eigenvalue weighted by molar-refractivity contribution is 7.89. The van der Waals surface area contributed by atoms with Crippen LogP contribution in [0.4, 0.5) is 17.1 Å². The Morgan fingerprint density at radius 2 is 1.88 bits per heavy atom. The number of anilines is 2. The minimum atomic E-state index is -3.72. The van der Waals surface area contributed by atoms with Gasteiger partial charge in [-0.1, -0.05) is 26.0 Å². The average Bonchev–Trinajstić information content (AvgIpc) is 2.84. The van der Waals surface area contributed by atoms with Crippen molar-refractivity contribution in [2.24, 2.45) is 0 Å². The maximum absolute atomic E-state index is 13.0. The highest BCUT2D eigenvalue weighted by atomic mass is 32.2. The zero-order valence-electron chi connectivity index (χ0n) is 19.1. The molecule has 1 heterocycles. The maximum atomic E-state index is 13.0. The van der Waals surface area contributed by atoms with Crippen molar-refractivity contribution in [2.75, 3.05) is 49.6 Å². The molecule has 0 aromatic heterocycles. The van der Waals surface area contributed by atoms with E-state index in [1.165, 1.54) is 40.7 Å². The van der Waals surface area contributed by atoms with Gasteiger partial charge in [0, 0.05) is 44.4 Å². The minimum Gasteiger partial charge on any atom is -0.378 e. The third kappa shape index (κ3) is 5.99. The molecule has 0 saturated carbocycles. The molecule has 1 amide bonds. The molecule has 1 saturated heterocycles. The monoisotopic (exact) mass is 488 g/mol. The minimum absolute atomic E-state index is 0.0773. The summed E-state index contributed by atoms with van der Waals surface area (Å²) in [6.07, 6.45) is 2.72. The summed E-state index contributed by atoms with van der Waals surface area (Å²) in [5.74, 6) is -0.488. The van der Waals surface area contributed by atoms with Gasteiger partial charge in [0.15, 0.2) is 0 Å². The molecule has 2 aromatic rings. The second kappa shape index (κ2) is 11.2. The number of nitro benzene ring substituents is 1. The van der Waals surface area contributed by atoms with E-state index in [-0.39, 0.29) is 10.6 Å². The van der Waals surface area contributed by atoms with Gasteiger partial charge in [-0.05, 0) is 29.8 Å². The van der Waals surface area contributed by atoms with Gasteiger partial charge in [0.2, 0.25) is 15.9 Å². The van der Waals surface area contributed by atoms with Gasteiger partial charge in [-0.25, -0.2) is 8.42 Å². The summed E-state index contributed by atoms with van der Waals surface area (Å²) < 4.78 is 32.8. The van der Waals surface area contributed by atoms with Gasteiger partial charge in [0.1, 0.15) is 0 Å². The fourth-order valence-electron chi connectivity index (χ4n) is 3.66. The van der Waals surface area contributed by atoms with Gasteiger partial charge < -0.3 is 15.0 Å². The Balaban J connectivity index is 1.91. The molecule has 3 rings (SSSR count). The molecule has 0 atom stereocenters. The first-order chi connectivity index (χ1) is 16.3. The van der Waals surface area contributed by atoms with E-state index in [2.05, 4.69) is 5.32 Å². The summed E-state index contributed by atoms with van der Waals surface area (Å²) >= 11 is 0. The van der Waals surface area contributed by atoms with Crippen molar-refractivity contribution in [3.05, 3.63) is 64.2 Å². The van der Waals surface area contributed by atoms with Gasteiger partial charge in [0.05, 0.1) is 34.4 Å². The number of sulfonamides is 1. The van der Waals surface area contributed by atoms with Crippen molar-refractivity contribution in [3.63, 3.8) is 0 Å². The van der Waals surface area contributed by atoms with E-state index in [4.69, 9.17) is 4.74 Å². The summed E-state index contributed by atoms with van der Waals surface area (Å²) in [6.45, 7) is 6.46. The van der Waals surface area contributed by atoms with Crippen LogP contribution in [0.3, 0.4) is 0 Å². The predicted molar refractivity (Wildman–Crippen MR) is 130 cm³/mol. The van der Waals surface area contributed by atoms with Gasteiger partial charge in [-0.3, -0.25) is 14.9 Å². The number of amides is 1. The predicted octanol–water partition coefficient (Wildman–Crippen LogP) is 3.11. The van der Waals surface area contributed by atoms with Crippen LogP contribution in [0.1, 0.15) is 19.4 Å². The van der Waals surface area contributed by atoms with Crippen molar-refractivity contribution in [3.8, 4) is 0 Å². The summed E-state index contributed by atoms with van der Waals surface area (Å²) in [5, 5.41) is 13.7. The van der Waals surface area contributed by atoms with Crippen LogP contribution in [-0.2, 0) is 19.6 Å². The van der Waals surface area contributed by atoms with E-state index in [9.17, 15) is 23.3 Å². The fourth-order valence-corrected chi connectivity index (χ4v) is 5.14. The fraction of sp³-hybridized carbons (Fsp3) is 0.348. The van der Waals surface area contributed by atoms with Crippen molar-refractivity contribution < 1.29 is 22.9 Å². The number of carbonyl (C=O) groups excluding carboxylic acids is 1. The lowest BCUT2D eigenvalue weighted by Crippen LogP contribution is -2.37. The Kier molecular flexibility index (Phi) is 8.37. The second-order valence-corrected chi connectivity index (χ2v) is 9.48. The van der Waals surface area contributed by atoms with E-state index in [0.29, 0.717) is 56.3 Å². The molecule has 10 nitrogen and oxygen atoms in total. The molecule has 0 unspecified atom stereocenters. The van der Waals surface area contributed by atoms with Gasteiger partial charge in [0.25, 0.3) is 5.69 Å². The lowest BCUT2D eigenvalue weighted by atomic mass is 10.2. The number of hydrogen-bond acceptors (Lipinski definition) is 7. The number of hydrogen-bond donors (Lipinski definition) is 1. The molecule has 0 spiro atoms. The van der Waals surface area contributed by atoms with Crippen LogP contribution in [0.25, 0.3) is 6.08 Å². The number of nitro groups is 1. The van der Waals surface area contributed by atoms with Crippen LogP contribution in [0.5, 0.6) is 0 Å². The summed E-state index contributed by atoms with van der Waals surface area (Å²) in [4.78, 5) is 25.3. The topological polar surface area (TPSA) is 122 Å². The number of carbonyl (C=O) groups is 1. The number of nitrogens with one attached hydrogen (secondary N) is 1. The molecular formula is C23H28N4O6S.